The monoisotopic (exact) mass is 262 g/mol. The number of fused-ring (bicyclic) bond motifs is 2. The van der Waals surface area contributed by atoms with Gasteiger partial charge in [0, 0.05) is 0 Å². The lowest BCUT2D eigenvalue weighted by atomic mass is 9.85. The van der Waals surface area contributed by atoms with E-state index in [1.807, 2.05) is 0 Å². The molecule has 4 atom stereocenters. The van der Waals surface area contributed by atoms with Gasteiger partial charge in [-0.2, -0.15) is 0 Å². The molecule has 2 saturated carbocycles. The van der Waals surface area contributed by atoms with Gasteiger partial charge >= 0.3 is 5.97 Å². The fourth-order valence-corrected chi connectivity index (χ4v) is 4.28. The van der Waals surface area contributed by atoms with Gasteiger partial charge in [0.25, 0.3) is 0 Å². The third-order valence-corrected chi connectivity index (χ3v) is 5.29. The Kier molecular flexibility index (Phi) is 3.95. The average Bonchev–Trinajstić information content (AvgIpc) is 3.02. The second-order valence-electron chi connectivity index (χ2n) is 6.87. The van der Waals surface area contributed by atoms with E-state index >= 15 is 0 Å². The Labute approximate surface area is 116 Å². The number of allylic oxidation sites excluding steroid dienone is 2. The van der Waals surface area contributed by atoms with Gasteiger partial charge in [-0.1, -0.05) is 44.3 Å². The van der Waals surface area contributed by atoms with Crippen molar-refractivity contribution in [2.75, 3.05) is 0 Å². The molecule has 0 aromatic rings. The van der Waals surface area contributed by atoms with Crippen molar-refractivity contribution in [2.45, 2.75) is 64.4 Å². The van der Waals surface area contributed by atoms with Crippen LogP contribution >= 0.6 is 0 Å². The maximum Gasteiger partial charge on any atom is 0.309 e. The first-order valence-corrected chi connectivity index (χ1v) is 8.11. The summed E-state index contributed by atoms with van der Waals surface area (Å²) in [5.41, 5.74) is 0. The van der Waals surface area contributed by atoms with E-state index in [1.165, 1.54) is 38.5 Å². The SMILES string of the molecule is CC(CC1CCCCC1)OC(=O)C1CC2C=CC1C2. The van der Waals surface area contributed by atoms with E-state index in [0.29, 0.717) is 11.8 Å². The van der Waals surface area contributed by atoms with Crippen LogP contribution in [0.15, 0.2) is 12.2 Å². The highest BCUT2D eigenvalue weighted by molar-refractivity contribution is 5.74. The number of hydrogen-bond acceptors (Lipinski definition) is 2. The molecule has 19 heavy (non-hydrogen) atoms. The van der Waals surface area contributed by atoms with Gasteiger partial charge in [-0.3, -0.25) is 4.79 Å². The van der Waals surface area contributed by atoms with Crippen LogP contribution in [-0.2, 0) is 9.53 Å². The minimum atomic E-state index is 0.0696. The van der Waals surface area contributed by atoms with Gasteiger partial charge in [-0.15, -0.1) is 0 Å². The molecule has 0 N–H and O–H groups in total. The Balaban J connectivity index is 1.45. The van der Waals surface area contributed by atoms with Crippen molar-refractivity contribution < 1.29 is 9.53 Å². The van der Waals surface area contributed by atoms with Crippen LogP contribution in [0.5, 0.6) is 0 Å². The molecule has 0 radical (unpaired) electrons. The van der Waals surface area contributed by atoms with E-state index in [4.69, 9.17) is 4.74 Å². The van der Waals surface area contributed by atoms with Crippen molar-refractivity contribution in [2.24, 2.45) is 23.7 Å². The normalized spacial score (nSPS) is 35.5. The average molecular weight is 262 g/mol. The number of rotatable bonds is 4. The van der Waals surface area contributed by atoms with Crippen LogP contribution in [0, 0.1) is 23.7 Å². The zero-order chi connectivity index (χ0) is 13.2. The first kappa shape index (κ1) is 13.2. The summed E-state index contributed by atoms with van der Waals surface area (Å²) in [6, 6.07) is 0. The van der Waals surface area contributed by atoms with Crippen LogP contribution in [-0.4, -0.2) is 12.1 Å². The molecular formula is C17H26O2. The first-order chi connectivity index (χ1) is 9.22. The predicted molar refractivity (Wildman–Crippen MR) is 75.6 cm³/mol. The number of carbonyl (C=O) groups excluding carboxylic acids is 1. The van der Waals surface area contributed by atoms with Gasteiger partial charge in [0.05, 0.1) is 12.0 Å². The fraction of sp³-hybridized carbons (Fsp3) is 0.824. The molecule has 0 amide bonds. The predicted octanol–water partition coefficient (Wildman–Crippen LogP) is 4.10. The quantitative estimate of drug-likeness (QED) is 0.563. The van der Waals surface area contributed by atoms with Gasteiger partial charge in [-0.25, -0.2) is 0 Å². The number of hydrogen-bond donors (Lipinski definition) is 0. The summed E-state index contributed by atoms with van der Waals surface area (Å²) >= 11 is 0. The smallest absolute Gasteiger partial charge is 0.309 e. The van der Waals surface area contributed by atoms with E-state index in [2.05, 4.69) is 19.1 Å². The topological polar surface area (TPSA) is 26.3 Å². The number of esters is 1. The van der Waals surface area contributed by atoms with Crippen molar-refractivity contribution in [1.82, 2.24) is 0 Å². The van der Waals surface area contributed by atoms with Crippen molar-refractivity contribution in [1.29, 1.82) is 0 Å². The van der Waals surface area contributed by atoms with Crippen molar-refractivity contribution in [3.8, 4) is 0 Å². The molecule has 4 unspecified atom stereocenters. The summed E-state index contributed by atoms with van der Waals surface area (Å²) in [6.07, 6.45) is 14.7. The molecule has 2 fully saturated rings. The lowest BCUT2D eigenvalue weighted by Gasteiger charge is -2.26. The molecule has 3 aliphatic rings. The summed E-state index contributed by atoms with van der Waals surface area (Å²) in [5.74, 6) is 2.14. The Morgan fingerprint density at radius 3 is 2.63 bits per heavy atom. The molecular weight excluding hydrogens is 236 g/mol. The molecule has 0 spiro atoms. The van der Waals surface area contributed by atoms with E-state index in [1.54, 1.807) is 0 Å². The molecule has 106 valence electrons. The van der Waals surface area contributed by atoms with Gasteiger partial charge < -0.3 is 4.74 Å². The van der Waals surface area contributed by atoms with Crippen LogP contribution in [0.4, 0.5) is 0 Å². The Bertz CT molecular complexity index is 354. The molecule has 3 aliphatic carbocycles. The summed E-state index contributed by atoms with van der Waals surface area (Å²) in [6.45, 7) is 2.08. The van der Waals surface area contributed by atoms with E-state index in [9.17, 15) is 4.79 Å². The molecule has 3 rings (SSSR count). The maximum absolute atomic E-state index is 12.2. The molecule has 0 aromatic heterocycles. The molecule has 2 nitrogen and oxygen atoms in total. The van der Waals surface area contributed by atoms with Crippen LogP contribution in [0.25, 0.3) is 0 Å². The van der Waals surface area contributed by atoms with Crippen molar-refractivity contribution in [3.05, 3.63) is 12.2 Å². The first-order valence-electron chi connectivity index (χ1n) is 8.11. The van der Waals surface area contributed by atoms with Gasteiger partial charge in [0.15, 0.2) is 0 Å². The molecule has 2 bridgehead atoms. The van der Waals surface area contributed by atoms with Gasteiger partial charge in [0.1, 0.15) is 0 Å². The Morgan fingerprint density at radius 2 is 2.00 bits per heavy atom. The van der Waals surface area contributed by atoms with Crippen LogP contribution in [0.2, 0.25) is 0 Å². The largest absolute Gasteiger partial charge is 0.462 e. The molecule has 0 aromatic carbocycles. The summed E-state index contributed by atoms with van der Waals surface area (Å²) in [5, 5.41) is 0. The third kappa shape index (κ3) is 3.04. The highest BCUT2D eigenvalue weighted by atomic mass is 16.5. The number of ether oxygens (including phenoxy) is 1. The number of carbonyl (C=O) groups is 1. The standard InChI is InChI=1S/C17H26O2/c1-12(9-13-5-3-2-4-6-13)19-17(18)16-11-14-7-8-15(16)10-14/h7-8,12-16H,2-6,9-11H2,1H3. The van der Waals surface area contributed by atoms with Crippen LogP contribution in [0.3, 0.4) is 0 Å². The van der Waals surface area contributed by atoms with Gasteiger partial charge in [-0.05, 0) is 43.9 Å². The molecule has 0 saturated heterocycles. The summed E-state index contributed by atoms with van der Waals surface area (Å²) < 4.78 is 5.72. The second-order valence-corrected chi connectivity index (χ2v) is 6.87. The van der Waals surface area contributed by atoms with E-state index in [0.717, 1.165) is 18.8 Å². The van der Waals surface area contributed by atoms with Gasteiger partial charge in [0.2, 0.25) is 0 Å². The van der Waals surface area contributed by atoms with Crippen LogP contribution < -0.4 is 0 Å². The second kappa shape index (κ2) is 5.68. The fourth-order valence-electron chi connectivity index (χ4n) is 4.28. The highest BCUT2D eigenvalue weighted by Crippen LogP contribution is 2.44. The Hall–Kier alpha value is -0.790. The zero-order valence-corrected chi connectivity index (χ0v) is 12.0. The third-order valence-electron chi connectivity index (χ3n) is 5.29. The maximum atomic E-state index is 12.2. The lowest BCUT2D eigenvalue weighted by molar-refractivity contribution is -0.155. The highest BCUT2D eigenvalue weighted by Gasteiger charge is 2.41. The minimum absolute atomic E-state index is 0.0696. The Morgan fingerprint density at radius 1 is 1.21 bits per heavy atom. The summed E-state index contributed by atoms with van der Waals surface area (Å²) in [4.78, 5) is 12.2. The molecule has 0 heterocycles. The minimum Gasteiger partial charge on any atom is -0.462 e. The van der Waals surface area contributed by atoms with Crippen molar-refractivity contribution >= 4 is 5.97 Å². The summed E-state index contributed by atoms with van der Waals surface area (Å²) in [7, 11) is 0. The van der Waals surface area contributed by atoms with Crippen molar-refractivity contribution in [3.63, 3.8) is 0 Å². The van der Waals surface area contributed by atoms with E-state index in [-0.39, 0.29) is 18.0 Å². The molecule has 0 aliphatic heterocycles. The van der Waals surface area contributed by atoms with Crippen LogP contribution in [0.1, 0.15) is 58.3 Å². The molecule has 2 heteroatoms. The zero-order valence-electron chi connectivity index (χ0n) is 12.0. The van der Waals surface area contributed by atoms with E-state index < -0.39 is 0 Å². The lowest BCUT2D eigenvalue weighted by Crippen LogP contribution is -2.27.